The fraction of sp³-hybridized carbons (Fsp3) is 0.429. The van der Waals surface area contributed by atoms with Crippen molar-refractivity contribution in [3.8, 4) is 0 Å². The molecule has 2 amide bonds. The van der Waals surface area contributed by atoms with Gasteiger partial charge in [-0.1, -0.05) is 29.3 Å². The van der Waals surface area contributed by atoms with Gasteiger partial charge in [-0.2, -0.15) is 0 Å². The van der Waals surface area contributed by atoms with Crippen LogP contribution in [0.1, 0.15) is 24.8 Å². The third-order valence-corrected chi connectivity index (χ3v) is 3.98. The molecule has 0 saturated carbocycles. The van der Waals surface area contributed by atoms with Crippen LogP contribution < -0.4 is 10.6 Å². The van der Waals surface area contributed by atoms with Gasteiger partial charge in [0.2, 0.25) is 11.8 Å². The number of nitrogens with one attached hydrogen (secondary N) is 2. The van der Waals surface area contributed by atoms with E-state index in [0.717, 1.165) is 18.4 Å². The van der Waals surface area contributed by atoms with Gasteiger partial charge in [-0.25, -0.2) is 0 Å². The molecule has 0 aromatic heterocycles. The molecule has 0 radical (unpaired) electrons. The van der Waals surface area contributed by atoms with Crippen molar-refractivity contribution in [2.24, 2.45) is 0 Å². The van der Waals surface area contributed by atoms with E-state index < -0.39 is 0 Å². The maximum Gasteiger partial charge on any atom is 0.242 e. The Balaban J connectivity index is 1.69. The van der Waals surface area contributed by atoms with E-state index in [1.165, 1.54) is 0 Å². The van der Waals surface area contributed by atoms with Crippen LogP contribution in [0.3, 0.4) is 0 Å². The molecule has 1 atom stereocenters. The molecule has 2 N–H and O–H groups in total. The average Bonchev–Trinajstić information content (AvgIpc) is 2.85. The largest absolute Gasteiger partial charge is 0.354 e. The molecule has 4 nitrogen and oxygen atoms in total. The number of carbonyl (C=O) groups is 2. The molecule has 2 rings (SSSR count). The first-order chi connectivity index (χ1) is 9.56. The van der Waals surface area contributed by atoms with E-state index in [4.69, 9.17) is 23.2 Å². The molecule has 1 heterocycles. The Kier molecular flexibility index (Phi) is 5.26. The summed E-state index contributed by atoms with van der Waals surface area (Å²) in [5.41, 5.74) is 1.09. The second-order valence-corrected chi connectivity index (χ2v) is 5.62. The number of hydrogen-bond acceptors (Lipinski definition) is 2. The Morgan fingerprint density at radius 3 is 2.80 bits per heavy atom. The van der Waals surface area contributed by atoms with E-state index in [-0.39, 0.29) is 17.9 Å². The first-order valence-corrected chi connectivity index (χ1v) is 7.33. The Bertz CT molecular complexity index is 520. The highest BCUT2D eigenvalue weighted by Crippen LogP contribution is 2.23. The number of halogens is 2. The van der Waals surface area contributed by atoms with E-state index >= 15 is 0 Å². The third-order valence-electron chi connectivity index (χ3n) is 3.24. The number of hydrogen-bond donors (Lipinski definition) is 2. The van der Waals surface area contributed by atoms with Crippen molar-refractivity contribution < 1.29 is 9.59 Å². The molecular formula is C14H16Cl2N2O2. The minimum atomic E-state index is -0.368. The number of benzene rings is 1. The zero-order valence-electron chi connectivity index (χ0n) is 10.9. The van der Waals surface area contributed by atoms with Gasteiger partial charge in [-0.15, -0.1) is 0 Å². The molecule has 0 unspecified atom stereocenters. The van der Waals surface area contributed by atoms with Crippen molar-refractivity contribution in [3.63, 3.8) is 0 Å². The molecule has 1 aliphatic rings. The molecule has 0 spiro atoms. The average molecular weight is 315 g/mol. The Morgan fingerprint density at radius 1 is 1.35 bits per heavy atom. The van der Waals surface area contributed by atoms with Crippen molar-refractivity contribution in [2.45, 2.75) is 31.7 Å². The molecule has 1 fully saturated rings. The summed E-state index contributed by atoms with van der Waals surface area (Å²) < 4.78 is 0. The minimum Gasteiger partial charge on any atom is -0.354 e. The van der Waals surface area contributed by atoms with Crippen molar-refractivity contribution >= 4 is 35.0 Å². The Morgan fingerprint density at radius 2 is 2.15 bits per heavy atom. The van der Waals surface area contributed by atoms with E-state index in [1.807, 2.05) is 12.1 Å². The van der Waals surface area contributed by atoms with Gasteiger partial charge >= 0.3 is 0 Å². The van der Waals surface area contributed by atoms with Crippen molar-refractivity contribution in [1.82, 2.24) is 10.6 Å². The first-order valence-electron chi connectivity index (χ1n) is 6.57. The van der Waals surface area contributed by atoms with Gasteiger partial charge in [0, 0.05) is 13.0 Å². The van der Waals surface area contributed by atoms with Crippen LogP contribution in [-0.4, -0.2) is 24.4 Å². The minimum absolute atomic E-state index is 0.0547. The summed E-state index contributed by atoms with van der Waals surface area (Å²) in [4.78, 5) is 22.8. The summed E-state index contributed by atoms with van der Waals surface area (Å²) in [5.74, 6) is -0.161. The molecule has 0 aliphatic carbocycles. The molecule has 1 aliphatic heterocycles. The van der Waals surface area contributed by atoms with Gasteiger partial charge < -0.3 is 10.6 Å². The van der Waals surface area contributed by atoms with Crippen molar-refractivity contribution in [2.75, 3.05) is 6.54 Å². The van der Waals surface area contributed by atoms with Crippen LogP contribution in [0.2, 0.25) is 10.0 Å². The number of rotatable bonds is 5. The quantitative estimate of drug-likeness (QED) is 0.819. The standard InChI is InChI=1S/C14H16Cl2N2O2/c15-10-4-3-9(8-11(10)16)2-1-7-17-14(20)12-5-6-13(19)18-12/h3-4,8,12H,1-2,5-7H2,(H,17,20)(H,18,19)/t12-/m0/s1. The Labute approximate surface area is 127 Å². The molecule has 1 aromatic carbocycles. The zero-order valence-corrected chi connectivity index (χ0v) is 12.4. The van der Waals surface area contributed by atoms with Gasteiger partial charge in [-0.3, -0.25) is 9.59 Å². The molecule has 0 bridgehead atoms. The highest BCUT2D eigenvalue weighted by molar-refractivity contribution is 6.42. The second-order valence-electron chi connectivity index (χ2n) is 4.80. The summed E-state index contributed by atoms with van der Waals surface area (Å²) in [5, 5.41) is 6.56. The molecule has 1 saturated heterocycles. The van der Waals surface area contributed by atoms with Crippen LogP contribution >= 0.6 is 23.2 Å². The fourth-order valence-corrected chi connectivity index (χ4v) is 2.45. The van der Waals surface area contributed by atoms with Crippen LogP contribution in [0.5, 0.6) is 0 Å². The lowest BCUT2D eigenvalue weighted by molar-refractivity contribution is -0.125. The fourth-order valence-electron chi connectivity index (χ4n) is 2.13. The van der Waals surface area contributed by atoms with E-state index in [1.54, 1.807) is 6.07 Å². The third kappa shape index (κ3) is 4.12. The summed E-state index contributed by atoms with van der Waals surface area (Å²) in [6.45, 7) is 0.575. The maximum atomic E-state index is 11.7. The van der Waals surface area contributed by atoms with Gasteiger partial charge in [0.05, 0.1) is 10.0 Å². The first kappa shape index (κ1) is 15.1. The van der Waals surface area contributed by atoms with Gasteiger partial charge in [0.1, 0.15) is 6.04 Å². The Hall–Kier alpha value is -1.26. The normalized spacial score (nSPS) is 17.9. The lowest BCUT2D eigenvalue weighted by atomic mass is 10.1. The van der Waals surface area contributed by atoms with Gasteiger partial charge in [0.15, 0.2) is 0 Å². The van der Waals surface area contributed by atoms with E-state index in [9.17, 15) is 9.59 Å². The van der Waals surface area contributed by atoms with Gasteiger partial charge in [0.25, 0.3) is 0 Å². The topological polar surface area (TPSA) is 58.2 Å². The second kappa shape index (κ2) is 6.95. The lowest BCUT2D eigenvalue weighted by Gasteiger charge is -2.10. The number of aryl methyl sites for hydroxylation is 1. The van der Waals surface area contributed by atoms with E-state index in [0.29, 0.717) is 29.4 Å². The lowest BCUT2D eigenvalue weighted by Crippen LogP contribution is -2.41. The predicted molar refractivity (Wildman–Crippen MR) is 79.0 cm³/mol. The summed E-state index contributed by atoms with van der Waals surface area (Å²) in [6, 6.07) is 5.16. The number of amides is 2. The van der Waals surface area contributed by atoms with Crippen LogP contribution in [-0.2, 0) is 16.0 Å². The number of carbonyl (C=O) groups excluding carboxylic acids is 2. The van der Waals surface area contributed by atoms with Crippen LogP contribution in [0.4, 0.5) is 0 Å². The molecular weight excluding hydrogens is 299 g/mol. The van der Waals surface area contributed by atoms with Crippen molar-refractivity contribution in [1.29, 1.82) is 0 Å². The highest BCUT2D eigenvalue weighted by Gasteiger charge is 2.26. The smallest absolute Gasteiger partial charge is 0.242 e. The molecule has 108 valence electrons. The van der Waals surface area contributed by atoms with Crippen molar-refractivity contribution in [3.05, 3.63) is 33.8 Å². The summed E-state index contributed by atoms with van der Waals surface area (Å²) >= 11 is 11.8. The predicted octanol–water partition coefficient (Wildman–Crippen LogP) is 2.32. The SMILES string of the molecule is O=C1CC[C@@H](C(=O)NCCCc2ccc(Cl)c(Cl)c2)N1. The maximum absolute atomic E-state index is 11.7. The summed E-state index contributed by atoms with van der Waals surface area (Å²) in [6.07, 6.45) is 2.64. The zero-order chi connectivity index (χ0) is 14.5. The highest BCUT2D eigenvalue weighted by atomic mass is 35.5. The van der Waals surface area contributed by atoms with Crippen LogP contribution in [0.15, 0.2) is 18.2 Å². The van der Waals surface area contributed by atoms with Gasteiger partial charge in [-0.05, 0) is 37.0 Å². The summed E-state index contributed by atoms with van der Waals surface area (Å²) in [7, 11) is 0. The molecule has 6 heteroatoms. The van der Waals surface area contributed by atoms with E-state index in [2.05, 4.69) is 10.6 Å². The van der Waals surface area contributed by atoms with Crippen LogP contribution in [0, 0.1) is 0 Å². The molecule has 20 heavy (non-hydrogen) atoms. The molecule has 1 aromatic rings. The monoisotopic (exact) mass is 314 g/mol. The van der Waals surface area contributed by atoms with Crippen LogP contribution in [0.25, 0.3) is 0 Å².